The molecule has 2 aliphatic rings. The Kier molecular flexibility index (Phi) is 6.61. The molecule has 1 fully saturated rings. The number of hydrogen-bond acceptors (Lipinski definition) is 9. The summed E-state index contributed by atoms with van der Waals surface area (Å²) in [6.45, 7) is 3.87. The molecule has 6 rings (SSSR count). The monoisotopic (exact) mass is 559 g/mol. The molecule has 9 nitrogen and oxygen atoms in total. The van der Waals surface area contributed by atoms with E-state index in [0.29, 0.717) is 31.2 Å². The minimum absolute atomic E-state index is 0.195. The van der Waals surface area contributed by atoms with E-state index in [9.17, 15) is 14.4 Å². The molecule has 3 aromatic heterocycles. The van der Waals surface area contributed by atoms with E-state index in [-0.39, 0.29) is 11.6 Å². The number of likely N-dealkylation sites (tertiary alicyclic amines) is 1. The largest absolute Gasteiger partial charge is 0.492 e. The number of fused-ring (bicyclic) bond motifs is 1. The molecule has 1 N–H and O–H groups in total. The van der Waals surface area contributed by atoms with Gasteiger partial charge in [-0.1, -0.05) is 6.07 Å². The van der Waals surface area contributed by atoms with E-state index < -0.39 is 11.8 Å². The van der Waals surface area contributed by atoms with E-state index >= 15 is 0 Å². The number of carbonyl (C=O) groups excluding carboxylic acids is 3. The lowest BCUT2D eigenvalue weighted by atomic mass is 10.1. The first-order valence-electron chi connectivity index (χ1n) is 12.6. The van der Waals surface area contributed by atoms with Crippen LogP contribution in [0.2, 0.25) is 0 Å². The highest BCUT2D eigenvalue weighted by Crippen LogP contribution is 2.43. The molecule has 1 aromatic carbocycles. The van der Waals surface area contributed by atoms with Crippen molar-refractivity contribution in [3.05, 3.63) is 59.1 Å². The van der Waals surface area contributed by atoms with Crippen molar-refractivity contribution in [2.75, 3.05) is 31.6 Å². The fourth-order valence-electron chi connectivity index (χ4n) is 4.83. The zero-order valence-corrected chi connectivity index (χ0v) is 23.0. The third-order valence-electron chi connectivity index (χ3n) is 6.85. The van der Waals surface area contributed by atoms with Crippen molar-refractivity contribution in [3.8, 4) is 26.9 Å². The molecule has 0 spiro atoms. The highest BCUT2D eigenvalue weighted by Gasteiger charge is 2.29. The normalized spacial score (nSPS) is 15.3. The van der Waals surface area contributed by atoms with Gasteiger partial charge in [-0.25, -0.2) is 9.97 Å². The van der Waals surface area contributed by atoms with Gasteiger partial charge in [-0.05, 0) is 60.2 Å². The molecule has 198 valence electrons. The molecule has 1 saturated heterocycles. The van der Waals surface area contributed by atoms with Crippen molar-refractivity contribution < 1.29 is 19.1 Å². The van der Waals surface area contributed by atoms with Crippen LogP contribution in [0.3, 0.4) is 0 Å². The number of amides is 3. The summed E-state index contributed by atoms with van der Waals surface area (Å²) in [7, 11) is 1.74. The first kappa shape index (κ1) is 25.2. The van der Waals surface area contributed by atoms with Crippen LogP contribution >= 0.6 is 22.7 Å². The third-order valence-corrected chi connectivity index (χ3v) is 8.95. The Morgan fingerprint density at radius 2 is 1.95 bits per heavy atom. The van der Waals surface area contributed by atoms with E-state index in [0.717, 1.165) is 49.8 Å². The molecule has 2 aliphatic heterocycles. The number of anilines is 1. The molecule has 0 bridgehead atoms. The lowest BCUT2D eigenvalue weighted by molar-refractivity contribution is -0.128. The van der Waals surface area contributed by atoms with Crippen molar-refractivity contribution >= 4 is 56.4 Å². The van der Waals surface area contributed by atoms with Gasteiger partial charge in [0.15, 0.2) is 5.82 Å². The van der Waals surface area contributed by atoms with Gasteiger partial charge in [-0.2, -0.15) is 0 Å². The predicted octanol–water partition coefficient (Wildman–Crippen LogP) is 4.37. The van der Waals surface area contributed by atoms with Crippen LogP contribution < -0.4 is 15.0 Å². The Labute approximate surface area is 232 Å². The maximum atomic E-state index is 12.4. The number of benzene rings is 1. The number of hydrogen-bond donors (Lipinski definition) is 1. The number of likely N-dealkylation sites (N-methyl/N-ethyl adjacent to an activating group) is 1. The standard InChI is InChI=1S/C28H25N5O4S2/c1-16-23-26(32(2)19-15-21(34)29-27(19)36)30-25(20-5-4-14-38-20)31-28(23)39-24(16)17-7-9-18(10-8-17)37-13-12-33-11-3-6-22(33)35/h4-5,7-10,14-15H,3,6,11-13H2,1-2H3,(H,29,34,36). The van der Waals surface area contributed by atoms with Crippen LogP contribution in [-0.4, -0.2) is 59.3 Å². The maximum Gasteiger partial charge on any atom is 0.274 e. The number of imide groups is 1. The summed E-state index contributed by atoms with van der Waals surface area (Å²) in [5.74, 6) is 1.18. The van der Waals surface area contributed by atoms with Crippen LogP contribution in [0.5, 0.6) is 5.75 Å². The SMILES string of the molecule is Cc1c(-c2ccc(OCCN3CCCC3=O)cc2)sc2nc(-c3cccs3)nc(N(C)C3=CC(=O)NC3=O)c12. The lowest BCUT2D eigenvalue weighted by Crippen LogP contribution is -2.29. The van der Waals surface area contributed by atoms with Crippen molar-refractivity contribution in [3.63, 3.8) is 0 Å². The molecule has 0 atom stereocenters. The summed E-state index contributed by atoms with van der Waals surface area (Å²) in [5.41, 5.74) is 2.24. The van der Waals surface area contributed by atoms with E-state index in [1.54, 1.807) is 23.3 Å². The van der Waals surface area contributed by atoms with Crippen LogP contribution in [-0.2, 0) is 14.4 Å². The van der Waals surface area contributed by atoms with Crippen LogP contribution in [0.15, 0.2) is 53.6 Å². The van der Waals surface area contributed by atoms with Crippen LogP contribution in [0, 0.1) is 6.92 Å². The molecule has 3 amide bonds. The minimum atomic E-state index is -0.454. The molecule has 4 aromatic rings. The van der Waals surface area contributed by atoms with E-state index in [2.05, 4.69) is 5.32 Å². The maximum absolute atomic E-state index is 12.4. The quantitative estimate of drug-likeness (QED) is 0.320. The number of nitrogens with one attached hydrogen (secondary N) is 1. The molecule has 0 unspecified atom stereocenters. The average Bonchev–Trinajstić information content (AvgIpc) is 3.73. The first-order valence-corrected chi connectivity index (χ1v) is 14.3. The molecular weight excluding hydrogens is 534 g/mol. The molecule has 5 heterocycles. The molecule has 0 radical (unpaired) electrons. The van der Waals surface area contributed by atoms with E-state index in [4.69, 9.17) is 14.7 Å². The smallest absolute Gasteiger partial charge is 0.274 e. The summed E-state index contributed by atoms with van der Waals surface area (Å²) in [6, 6.07) is 11.8. The Hall–Kier alpha value is -4.09. The summed E-state index contributed by atoms with van der Waals surface area (Å²) >= 11 is 3.10. The second-order valence-electron chi connectivity index (χ2n) is 9.35. The van der Waals surface area contributed by atoms with Gasteiger partial charge in [0.05, 0.1) is 16.8 Å². The number of ether oxygens (including phenoxy) is 1. The minimum Gasteiger partial charge on any atom is -0.492 e. The van der Waals surface area contributed by atoms with Crippen LogP contribution in [0.25, 0.3) is 31.4 Å². The van der Waals surface area contributed by atoms with Crippen molar-refractivity contribution in [1.82, 2.24) is 20.2 Å². The molecule has 0 aliphatic carbocycles. The van der Waals surface area contributed by atoms with Gasteiger partial charge < -0.3 is 14.5 Å². The van der Waals surface area contributed by atoms with E-state index in [1.807, 2.05) is 53.6 Å². The number of carbonyl (C=O) groups is 3. The van der Waals surface area contributed by atoms with Gasteiger partial charge in [0, 0.05) is 31.0 Å². The number of aromatic nitrogens is 2. The number of thiophene rings is 2. The van der Waals surface area contributed by atoms with Gasteiger partial charge in [-0.3, -0.25) is 19.7 Å². The topological polar surface area (TPSA) is 105 Å². The van der Waals surface area contributed by atoms with E-state index in [1.165, 1.54) is 17.4 Å². The Morgan fingerprint density at radius 1 is 1.13 bits per heavy atom. The van der Waals surface area contributed by atoms with Crippen molar-refractivity contribution in [2.24, 2.45) is 0 Å². The molecular formula is C28H25N5O4S2. The fraction of sp³-hybridized carbons (Fsp3) is 0.250. The van der Waals surface area contributed by atoms with Crippen molar-refractivity contribution in [2.45, 2.75) is 19.8 Å². The Bertz CT molecular complexity index is 1630. The predicted molar refractivity (Wildman–Crippen MR) is 152 cm³/mol. The first-order chi connectivity index (χ1) is 18.9. The van der Waals surface area contributed by atoms with Gasteiger partial charge in [-0.15, -0.1) is 22.7 Å². The van der Waals surface area contributed by atoms with Gasteiger partial charge in [0.25, 0.3) is 11.8 Å². The molecule has 0 saturated carbocycles. The highest BCUT2D eigenvalue weighted by molar-refractivity contribution is 7.22. The number of rotatable bonds is 8. The summed E-state index contributed by atoms with van der Waals surface area (Å²) in [5, 5.41) is 5.11. The Morgan fingerprint density at radius 3 is 2.62 bits per heavy atom. The fourth-order valence-corrected chi connectivity index (χ4v) is 6.67. The van der Waals surface area contributed by atoms with Crippen LogP contribution in [0.4, 0.5) is 5.82 Å². The average molecular weight is 560 g/mol. The lowest BCUT2D eigenvalue weighted by Gasteiger charge is -2.19. The zero-order chi connectivity index (χ0) is 27.1. The molecule has 11 heteroatoms. The second-order valence-corrected chi connectivity index (χ2v) is 11.3. The van der Waals surface area contributed by atoms with Gasteiger partial charge >= 0.3 is 0 Å². The van der Waals surface area contributed by atoms with Crippen LogP contribution in [0.1, 0.15) is 18.4 Å². The van der Waals surface area contributed by atoms with Gasteiger partial charge in [0.1, 0.15) is 28.7 Å². The van der Waals surface area contributed by atoms with Gasteiger partial charge in [0.2, 0.25) is 5.91 Å². The Balaban J connectivity index is 1.33. The molecule has 39 heavy (non-hydrogen) atoms. The number of aryl methyl sites for hydroxylation is 1. The summed E-state index contributed by atoms with van der Waals surface area (Å²) in [6.07, 6.45) is 2.84. The number of nitrogens with zero attached hydrogens (tertiary/aromatic N) is 4. The van der Waals surface area contributed by atoms with Crippen molar-refractivity contribution in [1.29, 1.82) is 0 Å². The highest BCUT2D eigenvalue weighted by atomic mass is 32.1. The summed E-state index contributed by atoms with van der Waals surface area (Å²) in [4.78, 5) is 52.1. The zero-order valence-electron chi connectivity index (χ0n) is 21.4. The summed E-state index contributed by atoms with van der Waals surface area (Å²) < 4.78 is 5.89. The third kappa shape index (κ3) is 4.79. The second kappa shape index (κ2) is 10.2.